The number of hydrogen-bond acceptors (Lipinski definition) is 4. The number of nitrogens with zero attached hydrogens (tertiary/aromatic N) is 1. The Balaban J connectivity index is 2.06. The van der Waals surface area contributed by atoms with Crippen LogP contribution in [0.25, 0.3) is 10.6 Å². The maximum Gasteiger partial charge on any atom is 0.127 e. The van der Waals surface area contributed by atoms with Crippen LogP contribution in [0.2, 0.25) is 0 Å². The van der Waals surface area contributed by atoms with Crippen molar-refractivity contribution in [3.8, 4) is 16.3 Å². The van der Waals surface area contributed by atoms with Gasteiger partial charge in [-0.1, -0.05) is 12.1 Å². The van der Waals surface area contributed by atoms with Crippen molar-refractivity contribution in [2.75, 3.05) is 0 Å². The molecule has 1 N–H and O–H groups in total. The molecule has 1 aromatic carbocycles. The Hall–Kier alpha value is -1.39. The van der Waals surface area contributed by atoms with E-state index in [9.17, 15) is 5.11 Å². The van der Waals surface area contributed by atoms with E-state index in [0.29, 0.717) is 0 Å². The van der Waals surface area contributed by atoms with Crippen molar-refractivity contribution >= 4 is 11.3 Å². The van der Waals surface area contributed by atoms with Gasteiger partial charge in [-0.15, -0.1) is 11.3 Å². The Morgan fingerprint density at radius 3 is 2.89 bits per heavy atom. The van der Waals surface area contributed by atoms with Crippen molar-refractivity contribution in [2.45, 2.75) is 32.5 Å². The first kappa shape index (κ1) is 11.7. The molecular weight excluding hydrogens is 246 g/mol. The molecule has 0 bridgehead atoms. The molecule has 3 nitrogen and oxygen atoms in total. The molecule has 2 atom stereocenters. The number of aromatic nitrogens is 1. The van der Waals surface area contributed by atoms with E-state index < -0.39 is 0 Å². The number of thiazole rings is 1. The zero-order chi connectivity index (χ0) is 12.7. The van der Waals surface area contributed by atoms with Crippen LogP contribution in [-0.2, 0) is 11.2 Å². The number of aromatic hydroxyl groups is 1. The van der Waals surface area contributed by atoms with Gasteiger partial charge in [0.05, 0.1) is 28.3 Å². The number of fused-ring (bicyclic) bond motifs is 1. The van der Waals surface area contributed by atoms with E-state index in [2.05, 4.69) is 18.8 Å². The van der Waals surface area contributed by atoms with E-state index in [-0.39, 0.29) is 18.0 Å². The molecular formula is C14H15NO2S. The van der Waals surface area contributed by atoms with Gasteiger partial charge in [-0.3, -0.25) is 0 Å². The summed E-state index contributed by atoms with van der Waals surface area (Å²) in [5.41, 5.74) is 1.92. The molecule has 0 radical (unpaired) electrons. The zero-order valence-corrected chi connectivity index (χ0v) is 11.2. The van der Waals surface area contributed by atoms with Gasteiger partial charge in [0.15, 0.2) is 0 Å². The summed E-state index contributed by atoms with van der Waals surface area (Å²) in [4.78, 5) is 5.85. The Labute approximate surface area is 110 Å². The summed E-state index contributed by atoms with van der Waals surface area (Å²) in [6, 6.07) is 7.32. The quantitative estimate of drug-likeness (QED) is 0.853. The number of hydrogen-bond donors (Lipinski definition) is 1. The van der Waals surface area contributed by atoms with Gasteiger partial charge in [-0.25, -0.2) is 4.98 Å². The van der Waals surface area contributed by atoms with Crippen molar-refractivity contribution in [3.63, 3.8) is 0 Å². The van der Waals surface area contributed by atoms with Gasteiger partial charge in [-0.05, 0) is 26.0 Å². The Morgan fingerprint density at radius 1 is 1.33 bits per heavy atom. The second-order valence-corrected chi connectivity index (χ2v) is 5.67. The normalized spacial score (nSPS) is 22.8. The first-order chi connectivity index (χ1) is 8.65. The molecule has 0 aliphatic carbocycles. The highest BCUT2D eigenvalue weighted by Crippen LogP contribution is 2.40. The third kappa shape index (κ3) is 1.91. The molecule has 2 unspecified atom stereocenters. The fraction of sp³-hybridized carbons (Fsp3) is 0.357. The van der Waals surface area contributed by atoms with Crippen molar-refractivity contribution < 1.29 is 9.84 Å². The first-order valence-corrected chi connectivity index (χ1v) is 6.90. The fourth-order valence-corrected chi connectivity index (χ4v) is 3.44. The molecule has 0 amide bonds. The average Bonchev–Trinajstić information content (AvgIpc) is 2.73. The minimum absolute atomic E-state index is 0.0980. The lowest BCUT2D eigenvalue weighted by Crippen LogP contribution is -2.20. The van der Waals surface area contributed by atoms with Crippen LogP contribution in [0, 0.1) is 0 Å². The maximum absolute atomic E-state index is 9.88. The number of benzene rings is 1. The zero-order valence-electron chi connectivity index (χ0n) is 10.4. The topological polar surface area (TPSA) is 42.4 Å². The summed E-state index contributed by atoms with van der Waals surface area (Å²) in [7, 11) is 0. The summed E-state index contributed by atoms with van der Waals surface area (Å²) in [5.74, 6) is 0.283. The molecule has 3 rings (SSSR count). The van der Waals surface area contributed by atoms with Gasteiger partial charge in [-0.2, -0.15) is 0 Å². The van der Waals surface area contributed by atoms with Crippen molar-refractivity contribution in [1.82, 2.24) is 4.98 Å². The van der Waals surface area contributed by atoms with E-state index >= 15 is 0 Å². The number of phenolic OH excluding ortho intramolecular Hbond substituents is 1. The van der Waals surface area contributed by atoms with Gasteiger partial charge in [0, 0.05) is 6.42 Å². The van der Waals surface area contributed by atoms with E-state index in [1.807, 2.05) is 18.2 Å². The Kier molecular flexibility index (Phi) is 2.84. The summed E-state index contributed by atoms with van der Waals surface area (Å²) < 4.78 is 5.80. The van der Waals surface area contributed by atoms with Crippen LogP contribution in [0.1, 0.15) is 30.5 Å². The molecule has 94 valence electrons. The van der Waals surface area contributed by atoms with Crippen LogP contribution in [0.3, 0.4) is 0 Å². The summed E-state index contributed by atoms with van der Waals surface area (Å²) in [6.45, 7) is 4.12. The molecule has 4 heteroatoms. The summed E-state index contributed by atoms with van der Waals surface area (Å²) >= 11 is 1.62. The second-order valence-electron chi connectivity index (χ2n) is 4.64. The van der Waals surface area contributed by atoms with Crippen LogP contribution >= 0.6 is 11.3 Å². The molecule has 0 saturated heterocycles. The lowest BCUT2D eigenvalue weighted by molar-refractivity contribution is -0.00316. The molecule has 18 heavy (non-hydrogen) atoms. The fourth-order valence-electron chi connectivity index (χ4n) is 2.33. The van der Waals surface area contributed by atoms with Crippen LogP contribution in [0.5, 0.6) is 5.75 Å². The van der Waals surface area contributed by atoms with E-state index in [1.54, 1.807) is 17.4 Å². The van der Waals surface area contributed by atoms with Gasteiger partial charge in [0.1, 0.15) is 10.8 Å². The molecule has 1 aromatic heterocycles. The third-order valence-corrected chi connectivity index (χ3v) is 4.44. The highest BCUT2D eigenvalue weighted by atomic mass is 32.1. The first-order valence-electron chi connectivity index (χ1n) is 6.08. The van der Waals surface area contributed by atoms with Gasteiger partial charge in [0.2, 0.25) is 0 Å². The minimum atomic E-state index is 0.0980. The van der Waals surface area contributed by atoms with Crippen molar-refractivity contribution in [1.29, 1.82) is 0 Å². The monoisotopic (exact) mass is 261 g/mol. The number of phenols is 1. The predicted octanol–water partition coefficient (Wildman–Crippen LogP) is 3.54. The van der Waals surface area contributed by atoms with Gasteiger partial charge >= 0.3 is 0 Å². The molecule has 1 aliphatic heterocycles. The largest absolute Gasteiger partial charge is 0.507 e. The molecule has 2 aromatic rings. The van der Waals surface area contributed by atoms with E-state index in [0.717, 1.165) is 22.7 Å². The average molecular weight is 261 g/mol. The summed E-state index contributed by atoms with van der Waals surface area (Å²) in [6.07, 6.45) is 1.16. The predicted molar refractivity (Wildman–Crippen MR) is 71.9 cm³/mol. The highest BCUT2D eigenvalue weighted by molar-refractivity contribution is 7.15. The van der Waals surface area contributed by atoms with Crippen molar-refractivity contribution in [3.05, 3.63) is 34.8 Å². The minimum Gasteiger partial charge on any atom is -0.507 e. The van der Waals surface area contributed by atoms with Crippen LogP contribution in [0.4, 0.5) is 0 Å². The number of rotatable bonds is 1. The molecule has 0 fully saturated rings. The molecule has 2 heterocycles. The van der Waals surface area contributed by atoms with Crippen LogP contribution in [0.15, 0.2) is 24.3 Å². The van der Waals surface area contributed by atoms with Gasteiger partial charge < -0.3 is 9.84 Å². The number of ether oxygens (including phenoxy) is 1. The Morgan fingerprint density at radius 2 is 2.11 bits per heavy atom. The lowest BCUT2D eigenvalue weighted by Gasteiger charge is -2.23. The molecule has 0 spiro atoms. The molecule has 0 saturated carbocycles. The van der Waals surface area contributed by atoms with Gasteiger partial charge in [0.25, 0.3) is 0 Å². The van der Waals surface area contributed by atoms with E-state index in [1.165, 1.54) is 4.88 Å². The van der Waals surface area contributed by atoms with E-state index in [4.69, 9.17) is 4.74 Å². The highest BCUT2D eigenvalue weighted by Gasteiger charge is 2.26. The third-order valence-electron chi connectivity index (χ3n) is 3.15. The molecule has 1 aliphatic rings. The van der Waals surface area contributed by atoms with Crippen LogP contribution < -0.4 is 0 Å². The number of para-hydroxylation sites is 1. The maximum atomic E-state index is 9.88. The van der Waals surface area contributed by atoms with Crippen molar-refractivity contribution in [2.24, 2.45) is 0 Å². The smallest absolute Gasteiger partial charge is 0.127 e. The summed E-state index contributed by atoms with van der Waals surface area (Å²) in [5, 5.41) is 10.8. The lowest BCUT2D eigenvalue weighted by atomic mass is 10.1. The standard InChI is InChI=1S/C14H15NO2S/c1-8-7-11-13(9(2)17-8)18-14(15-11)10-5-3-4-6-12(10)16/h3-6,8-9,16H,7H2,1-2H3. The SMILES string of the molecule is CC1Cc2nc(-c3ccccc3O)sc2C(C)O1. The Bertz CT molecular complexity index is 579. The second kappa shape index (κ2) is 4.37. The van der Waals surface area contributed by atoms with Crippen LogP contribution in [-0.4, -0.2) is 16.2 Å².